The molecule has 1 aromatic rings. The largest absolute Gasteiger partial charge is 0.396 e. The Morgan fingerprint density at radius 3 is 2.74 bits per heavy atom. The smallest absolute Gasteiger partial charge is 0.242 e. The molecule has 0 aromatic carbocycles. The number of aliphatic hydroxyl groups excluding tert-OH is 1. The normalized spacial score (nSPS) is 23.3. The molecule has 4 N–H and O–H groups in total. The molecule has 6 heteroatoms. The highest BCUT2D eigenvalue weighted by atomic mass is 16.3. The minimum Gasteiger partial charge on any atom is -0.396 e. The van der Waals surface area contributed by atoms with Crippen molar-refractivity contribution in [1.82, 2.24) is 15.1 Å². The number of carbonyl (C=O) groups excluding carboxylic acids is 1. The first-order valence-corrected chi connectivity index (χ1v) is 6.76. The highest BCUT2D eigenvalue weighted by Gasteiger charge is 2.24. The number of aryl methyl sites for hydroxylation is 1. The monoisotopic (exact) mass is 266 g/mol. The number of amides is 1. The standard InChI is InChI=1S/C13H22N4O2/c1-8-13(14)9(2)17(16-8)7-12(19)15-10-5-3-4-6-11(10)18/h10-11,18H,3-7,14H2,1-2H3,(H,15,19)/t10-,11-/m0/s1. The van der Waals surface area contributed by atoms with Crippen molar-refractivity contribution in [3.05, 3.63) is 11.4 Å². The third-order valence-corrected chi connectivity index (χ3v) is 3.81. The van der Waals surface area contributed by atoms with Crippen LogP contribution in [0.5, 0.6) is 0 Å². The van der Waals surface area contributed by atoms with Crippen LogP contribution < -0.4 is 11.1 Å². The summed E-state index contributed by atoms with van der Waals surface area (Å²) in [5.41, 5.74) is 8.00. The van der Waals surface area contributed by atoms with E-state index in [1.54, 1.807) is 4.68 Å². The average Bonchev–Trinajstić information content (AvgIpc) is 2.60. The van der Waals surface area contributed by atoms with Gasteiger partial charge in [-0.1, -0.05) is 12.8 Å². The Morgan fingerprint density at radius 1 is 1.47 bits per heavy atom. The SMILES string of the molecule is Cc1nn(CC(=O)N[C@H]2CCCC[C@@H]2O)c(C)c1N. The molecule has 1 aliphatic rings. The first kappa shape index (κ1) is 13.9. The van der Waals surface area contributed by atoms with Crippen LogP contribution in [0, 0.1) is 13.8 Å². The Balaban J connectivity index is 1.95. The Kier molecular flexibility index (Phi) is 4.09. The van der Waals surface area contributed by atoms with Crippen LogP contribution in [0.25, 0.3) is 0 Å². The van der Waals surface area contributed by atoms with Gasteiger partial charge in [0, 0.05) is 0 Å². The third kappa shape index (κ3) is 3.07. The van der Waals surface area contributed by atoms with E-state index >= 15 is 0 Å². The molecule has 6 nitrogen and oxygen atoms in total. The topological polar surface area (TPSA) is 93.2 Å². The van der Waals surface area contributed by atoms with Gasteiger partial charge in [-0.15, -0.1) is 0 Å². The zero-order valence-electron chi connectivity index (χ0n) is 11.5. The van der Waals surface area contributed by atoms with Crippen molar-refractivity contribution in [2.45, 2.75) is 58.2 Å². The number of aromatic nitrogens is 2. The highest BCUT2D eigenvalue weighted by Crippen LogP contribution is 2.18. The van der Waals surface area contributed by atoms with Crippen molar-refractivity contribution in [2.24, 2.45) is 0 Å². The molecule has 0 aliphatic heterocycles. The van der Waals surface area contributed by atoms with Gasteiger partial charge in [-0.05, 0) is 26.7 Å². The number of aliphatic hydroxyl groups is 1. The van der Waals surface area contributed by atoms with E-state index in [4.69, 9.17) is 5.73 Å². The molecule has 106 valence electrons. The van der Waals surface area contributed by atoms with E-state index in [9.17, 15) is 9.90 Å². The number of nitrogen functional groups attached to an aromatic ring is 1. The molecule has 0 bridgehead atoms. The Hall–Kier alpha value is -1.56. The van der Waals surface area contributed by atoms with Crippen molar-refractivity contribution < 1.29 is 9.90 Å². The lowest BCUT2D eigenvalue weighted by Crippen LogP contribution is -2.46. The van der Waals surface area contributed by atoms with Gasteiger partial charge in [0.15, 0.2) is 0 Å². The summed E-state index contributed by atoms with van der Waals surface area (Å²) >= 11 is 0. The van der Waals surface area contributed by atoms with Crippen LogP contribution in [0.15, 0.2) is 0 Å². The molecule has 0 saturated heterocycles. The number of nitrogens with two attached hydrogens (primary N) is 1. The molecule has 0 spiro atoms. The van der Waals surface area contributed by atoms with Crippen molar-refractivity contribution in [3.8, 4) is 0 Å². The van der Waals surface area contributed by atoms with Gasteiger partial charge in [0.1, 0.15) is 6.54 Å². The molecular weight excluding hydrogens is 244 g/mol. The van der Waals surface area contributed by atoms with Crippen molar-refractivity contribution in [1.29, 1.82) is 0 Å². The second-order valence-electron chi connectivity index (χ2n) is 5.27. The maximum Gasteiger partial charge on any atom is 0.242 e. The van der Waals surface area contributed by atoms with E-state index < -0.39 is 6.10 Å². The van der Waals surface area contributed by atoms with Gasteiger partial charge in [-0.2, -0.15) is 5.10 Å². The van der Waals surface area contributed by atoms with Gasteiger partial charge in [0.05, 0.1) is 29.2 Å². The van der Waals surface area contributed by atoms with E-state index in [0.717, 1.165) is 37.1 Å². The van der Waals surface area contributed by atoms with E-state index in [2.05, 4.69) is 10.4 Å². The summed E-state index contributed by atoms with van der Waals surface area (Å²) in [5.74, 6) is -0.128. The van der Waals surface area contributed by atoms with Gasteiger partial charge in [-0.25, -0.2) is 0 Å². The van der Waals surface area contributed by atoms with Crippen LogP contribution in [0.3, 0.4) is 0 Å². The van der Waals surface area contributed by atoms with Crippen LogP contribution in [0.4, 0.5) is 5.69 Å². The number of carbonyl (C=O) groups is 1. The average molecular weight is 266 g/mol. The Bertz CT molecular complexity index is 469. The third-order valence-electron chi connectivity index (χ3n) is 3.81. The van der Waals surface area contributed by atoms with Crippen molar-refractivity contribution in [2.75, 3.05) is 5.73 Å². The zero-order valence-corrected chi connectivity index (χ0v) is 11.5. The number of nitrogens with one attached hydrogen (secondary N) is 1. The minimum absolute atomic E-state index is 0.128. The van der Waals surface area contributed by atoms with Crippen LogP contribution in [0.2, 0.25) is 0 Å². The highest BCUT2D eigenvalue weighted by molar-refractivity contribution is 5.76. The molecular formula is C13H22N4O2. The van der Waals surface area contributed by atoms with Gasteiger partial charge in [-0.3, -0.25) is 9.48 Å². The fraction of sp³-hybridized carbons (Fsp3) is 0.692. The maximum absolute atomic E-state index is 12.0. The summed E-state index contributed by atoms with van der Waals surface area (Å²) in [7, 11) is 0. The number of hydrogen-bond acceptors (Lipinski definition) is 4. The number of nitrogens with zero attached hydrogens (tertiary/aromatic N) is 2. The quantitative estimate of drug-likeness (QED) is 0.742. The van der Waals surface area contributed by atoms with Crippen molar-refractivity contribution in [3.63, 3.8) is 0 Å². The number of rotatable bonds is 3. The molecule has 19 heavy (non-hydrogen) atoms. The Morgan fingerprint density at radius 2 is 2.16 bits per heavy atom. The van der Waals surface area contributed by atoms with Gasteiger partial charge >= 0.3 is 0 Å². The Labute approximate surface area is 113 Å². The predicted octanol–water partition coefficient (Wildman–Crippen LogP) is 0.502. The summed E-state index contributed by atoms with van der Waals surface area (Å²) in [6, 6.07) is -0.129. The zero-order chi connectivity index (χ0) is 14.0. The fourth-order valence-electron chi connectivity index (χ4n) is 2.53. The lowest BCUT2D eigenvalue weighted by atomic mass is 9.92. The molecule has 1 aliphatic carbocycles. The molecule has 2 rings (SSSR count). The van der Waals surface area contributed by atoms with Crippen LogP contribution in [0.1, 0.15) is 37.1 Å². The predicted molar refractivity (Wildman–Crippen MR) is 72.5 cm³/mol. The molecule has 0 radical (unpaired) electrons. The van der Waals surface area contributed by atoms with E-state index in [0.29, 0.717) is 5.69 Å². The summed E-state index contributed by atoms with van der Waals surface area (Å²) in [6.07, 6.45) is 3.25. The van der Waals surface area contributed by atoms with Crippen molar-refractivity contribution >= 4 is 11.6 Å². The summed E-state index contributed by atoms with van der Waals surface area (Å²) < 4.78 is 1.61. The number of hydrogen-bond donors (Lipinski definition) is 3. The first-order valence-electron chi connectivity index (χ1n) is 6.76. The molecule has 1 amide bonds. The molecule has 1 heterocycles. The summed E-state index contributed by atoms with van der Waals surface area (Å²) in [4.78, 5) is 12.0. The van der Waals surface area contributed by atoms with Gasteiger partial charge in [0.25, 0.3) is 0 Å². The first-order chi connectivity index (χ1) is 8.99. The van der Waals surface area contributed by atoms with E-state index in [-0.39, 0.29) is 18.5 Å². The fourth-order valence-corrected chi connectivity index (χ4v) is 2.53. The molecule has 1 aromatic heterocycles. The minimum atomic E-state index is -0.428. The summed E-state index contributed by atoms with van der Waals surface area (Å²) in [5, 5.41) is 16.9. The lowest BCUT2D eigenvalue weighted by molar-refractivity contribution is -0.123. The molecule has 1 fully saturated rings. The molecule has 2 atom stereocenters. The van der Waals surface area contributed by atoms with Gasteiger partial charge < -0.3 is 16.2 Å². The van der Waals surface area contributed by atoms with Gasteiger partial charge in [0.2, 0.25) is 5.91 Å². The van der Waals surface area contributed by atoms with Crippen LogP contribution in [-0.4, -0.2) is 32.9 Å². The van der Waals surface area contributed by atoms with Crippen LogP contribution >= 0.6 is 0 Å². The maximum atomic E-state index is 12.0. The molecule has 1 saturated carbocycles. The van der Waals surface area contributed by atoms with E-state index in [1.807, 2.05) is 13.8 Å². The second-order valence-corrected chi connectivity index (χ2v) is 5.27. The van der Waals surface area contributed by atoms with E-state index in [1.165, 1.54) is 0 Å². The lowest BCUT2D eigenvalue weighted by Gasteiger charge is -2.28. The van der Waals surface area contributed by atoms with Crippen LogP contribution in [-0.2, 0) is 11.3 Å². The second kappa shape index (κ2) is 5.61. The molecule has 0 unspecified atom stereocenters. The summed E-state index contributed by atoms with van der Waals surface area (Å²) in [6.45, 7) is 3.81. The number of anilines is 1.